The van der Waals surface area contributed by atoms with Crippen LogP contribution in [0, 0.1) is 0 Å². The van der Waals surface area contributed by atoms with E-state index in [0.717, 1.165) is 31.1 Å². The molecule has 1 heterocycles. The molecule has 5 heteroatoms. The fourth-order valence-electron chi connectivity index (χ4n) is 2.35. The summed E-state index contributed by atoms with van der Waals surface area (Å²) in [5.41, 5.74) is 7.13. The Morgan fingerprint density at radius 1 is 1.40 bits per heavy atom. The highest BCUT2D eigenvalue weighted by Crippen LogP contribution is 2.29. The molecule has 2 rings (SSSR count). The number of amides is 1. The first-order valence-electron chi connectivity index (χ1n) is 6.96. The lowest BCUT2D eigenvalue weighted by molar-refractivity contribution is -0.116. The highest BCUT2D eigenvalue weighted by molar-refractivity contribution is 8.00. The molecule has 3 N–H and O–H groups in total. The second-order valence-corrected chi connectivity index (χ2v) is 7.61. The summed E-state index contributed by atoms with van der Waals surface area (Å²) in [6.07, 6.45) is 0.533. The van der Waals surface area contributed by atoms with Gasteiger partial charge in [0.15, 0.2) is 0 Å². The number of anilines is 2. The van der Waals surface area contributed by atoms with Gasteiger partial charge in [-0.05, 0) is 38.1 Å². The predicted molar refractivity (Wildman–Crippen MR) is 87.1 cm³/mol. The van der Waals surface area contributed by atoms with Crippen LogP contribution in [0.15, 0.2) is 24.3 Å². The first-order chi connectivity index (χ1) is 9.44. The number of nitrogens with one attached hydrogen (secondary N) is 1. The molecule has 0 bridgehead atoms. The van der Waals surface area contributed by atoms with Gasteiger partial charge in [-0.25, -0.2) is 0 Å². The van der Waals surface area contributed by atoms with Crippen molar-refractivity contribution in [1.29, 1.82) is 0 Å². The normalized spacial score (nSPS) is 18.7. The van der Waals surface area contributed by atoms with Crippen molar-refractivity contribution in [2.75, 3.05) is 36.4 Å². The van der Waals surface area contributed by atoms with Crippen molar-refractivity contribution in [1.82, 2.24) is 4.90 Å². The van der Waals surface area contributed by atoms with E-state index in [1.54, 1.807) is 12.1 Å². The SMILES string of the molecule is CC1(C)CN(CCC(=O)Nc2ccc(N)cc2)CCS1. The number of thioether (sulfide) groups is 1. The zero-order valence-corrected chi connectivity index (χ0v) is 13.0. The summed E-state index contributed by atoms with van der Waals surface area (Å²) >= 11 is 2.01. The van der Waals surface area contributed by atoms with Gasteiger partial charge in [-0.1, -0.05) is 0 Å². The number of nitrogens with zero attached hydrogens (tertiary/aromatic N) is 1. The molecule has 20 heavy (non-hydrogen) atoms. The number of hydrogen-bond acceptors (Lipinski definition) is 4. The Labute approximate surface area is 125 Å². The van der Waals surface area contributed by atoms with Gasteiger partial charge in [-0.3, -0.25) is 4.79 Å². The molecule has 0 aliphatic carbocycles. The van der Waals surface area contributed by atoms with Crippen molar-refractivity contribution >= 4 is 29.0 Å². The summed E-state index contributed by atoms with van der Waals surface area (Å²) in [5.74, 6) is 1.21. The van der Waals surface area contributed by atoms with Crippen LogP contribution in [-0.2, 0) is 4.79 Å². The molecule has 1 aliphatic rings. The molecule has 1 fully saturated rings. The molecule has 1 saturated heterocycles. The molecule has 1 amide bonds. The van der Waals surface area contributed by atoms with E-state index in [4.69, 9.17) is 5.73 Å². The Morgan fingerprint density at radius 3 is 2.75 bits per heavy atom. The van der Waals surface area contributed by atoms with Crippen LogP contribution < -0.4 is 11.1 Å². The average Bonchev–Trinajstić information content (AvgIpc) is 2.38. The maximum atomic E-state index is 11.9. The van der Waals surface area contributed by atoms with Gasteiger partial charge in [0.1, 0.15) is 0 Å². The van der Waals surface area contributed by atoms with E-state index in [1.807, 2.05) is 23.9 Å². The summed E-state index contributed by atoms with van der Waals surface area (Å²) < 4.78 is 0.297. The maximum absolute atomic E-state index is 11.9. The van der Waals surface area contributed by atoms with E-state index in [2.05, 4.69) is 24.1 Å². The van der Waals surface area contributed by atoms with Gasteiger partial charge in [0.2, 0.25) is 5.91 Å². The van der Waals surface area contributed by atoms with E-state index < -0.39 is 0 Å². The summed E-state index contributed by atoms with van der Waals surface area (Å²) in [5, 5.41) is 2.90. The molecule has 1 aromatic rings. The Balaban J connectivity index is 1.76. The standard InChI is InChI=1S/C15H23N3OS/c1-15(2)11-18(9-10-20-15)8-7-14(19)17-13-5-3-12(16)4-6-13/h3-6H,7-11,16H2,1-2H3,(H,17,19). The van der Waals surface area contributed by atoms with E-state index in [0.29, 0.717) is 16.9 Å². The van der Waals surface area contributed by atoms with Gasteiger partial charge < -0.3 is 16.0 Å². The average molecular weight is 293 g/mol. The summed E-state index contributed by atoms with van der Waals surface area (Å²) in [7, 11) is 0. The molecule has 0 radical (unpaired) electrons. The first-order valence-corrected chi connectivity index (χ1v) is 7.95. The Kier molecular flexibility index (Phi) is 4.94. The van der Waals surface area contributed by atoms with Crippen LogP contribution in [0.5, 0.6) is 0 Å². The number of rotatable bonds is 4. The minimum absolute atomic E-state index is 0.0609. The topological polar surface area (TPSA) is 58.4 Å². The van der Waals surface area contributed by atoms with Gasteiger partial charge >= 0.3 is 0 Å². The van der Waals surface area contributed by atoms with E-state index in [1.165, 1.54) is 0 Å². The van der Waals surface area contributed by atoms with Gasteiger partial charge in [-0.2, -0.15) is 11.8 Å². The van der Waals surface area contributed by atoms with Crippen LogP contribution >= 0.6 is 11.8 Å². The summed E-state index contributed by atoms with van der Waals surface area (Å²) in [6.45, 7) is 7.47. The smallest absolute Gasteiger partial charge is 0.225 e. The largest absolute Gasteiger partial charge is 0.399 e. The van der Waals surface area contributed by atoms with Crippen LogP contribution in [0.2, 0.25) is 0 Å². The monoisotopic (exact) mass is 293 g/mol. The third-order valence-electron chi connectivity index (χ3n) is 3.35. The number of nitrogens with two attached hydrogens (primary N) is 1. The molecule has 1 aromatic carbocycles. The predicted octanol–water partition coefficient (Wildman–Crippen LogP) is 2.42. The molecule has 1 aliphatic heterocycles. The van der Waals surface area contributed by atoms with Crippen molar-refractivity contribution < 1.29 is 4.79 Å². The summed E-state index contributed by atoms with van der Waals surface area (Å²) in [4.78, 5) is 14.3. The van der Waals surface area contributed by atoms with E-state index >= 15 is 0 Å². The number of carbonyl (C=O) groups excluding carboxylic acids is 1. The lowest BCUT2D eigenvalue weighted by Gasteiger charge is -2.37. The van der Waals surface area contributed by atoms with Gasteiger partial charge in [0.25, 0.3) is 0 Å². The number of nitrogen functional groups attached to an aromatic ring is 1. The van der Waals surface area contributed by atoms with Crippen molar-refractivity contribution in [3.05, 3.63) is 24.3 Å². The lowest BCUT2D eigenvalue weighted by Crippen LogP contribution is -2.44. The van der Waals surface area contributed by atoms with E-state index in [9.17, 15) is 4.79 Å². The molecule has 4 nitrogen and oxygen atoms in total. The Morgan fingerprint density at radius 2 is 2.10 bits per heavy atom. The zero-order chi connectivity index (χ0) is 14.6. The quantitative estimate of drug-likeness (QED) is 0.837. The maximum Gasteiger partial charge on any atom is 0.225 e. The van der Waals surface area contributed by atoms with E-state index in [-0.39, 0.29) is 5.91 Å². The molecule has 0 saturated carbocycles. The van der Waals surface area contributed by atoms with Gasteiger partial charge in [0, 0.05) is 47.9 Å². The molecular weight excluding hydrogens is 270 g/mol. The minimum Gasteiger partial charge on any atom is -0.399 e. The third kappa shape index (κ3) is 4.72. The Hall–Kier alpha value is -1.20. The highest BCUT2D eigenvalue weighted by atomic mass is 32.2. The molecule has 110 valence electrons. The van der Waals surface area contributed by atoms with Crippen LogP contribution in [0.3, 0.4) is 0 Å². The number of hydrogen-bond donors (Lipinski definition) is 2. The van der Waals surface area contributed by atoms with Crippen molar-refractivity contribution in [3.63, 3.8) is 0 Å². The number of benzene rings is 1. The lowest BCUT2D eigenvalue weighted by atomic mass is 10.2. The van der Waals surface area contributed by atoms with Crippen molar-refractivity contribution in [2.24, 2.45) is 0 Å². The molecule has 0 aromatic heterocycles. The zero-order valence-electron chi connectivity index (χ0n) is 12.2. The fourth-order valence-corrected chi connectivity index (χ4v) is 3.53. The molecule has 0 atom stereocenters. The molecular formula is C15H23N3OS. The second-order valence-electron chi connectivity index (χ2n) is 5.80. The number of carbonyl (C=O) groups is 1. The van der Waals surface area contributed by atoms with Crippen LogP contribution in [-0.4, -0.2) is 40.9 Å². The van der Waals surface area contributed by atoms with Crippen molar-refractivity contribution in [2.45, 2.75) is 25.0 Å². The van der Waals surface area contributed by atoms with Crippen LogP contribution in [0.1, 0.15) is 20.3 Å². The van der Waals surface area contributed by atoms with Gasteiger partial charge in [-0.15, -0.1) is 0 Å². The Bertz CT molecular complexity index is 459. The van der Waals surface area contributed by atoms with Gasteiger partial charge in [0.05, 0.1) is 0 Å². The molecule has 0 unspecified atom stereocenters. The van der Waals surface area contributed by atoms with Crippen LogP contribution in [0.25, 0.3) is 0 Å². The van der Waals surface area contributed by atoms with Crippen LogP contribution in [0.4, 0.5) is 11.4 Å². The first kappa shape index (κ1) is 15.2. The van der Waals surface area contributed by atoms with Crippen molar-refractivity contribution in [3.8, 4) is 0 Å². The third-order valence-corrected chi connectivity index (χ3v) is 4.65. The summed E-state index contributed by atoms with van der Waals surface area (Å²) in [6, 6.07) is 7.24. The fraction of sp³-hybridized carbons (Fsp3) is 0.533. The minimum atomic E-state index is 0.0609. The molecule has 0 spiro atoms. The second kappa shape index (κ2) is 6.50. The highest BCUT2D eigenvalue weighted by Gasteiger charge is 2.26.